The number of carbonyl (C=O) groups is 1. The molecule has 3 N–H and O–H groups in total. The van der Waals surface area contributed by atoms with Gasteiger partial charge in [0.1, 0.15) is 4.88 Å². The minimum Gasteiger partial charge on any atom is -0.321 e. The lowest BCUT2D eigenvalue weighted by Crippen LogP contribution is -2.12. The topological polar surface area (TPSA) is 80.9 Å². The second kappa shape index (κ2) is 6.28. The van der Waals surface area contributed by atoms with Gasteiger partial charge in [-0.05, 0) is 49.1 Å². The van der Waals surface area contributed by atoms with E-state index in [9.17, 15) is 4.79 Å². The number of anilines is 1. The van der Waals surface area contributed by atoms with E-state index in [0.717, 1.165) is 28.3 Å². The Morgan fingerprint density at radius 2 is 2.25 bits per heavy atom. The highest BCUT2D eigenvalue weighted by Gasteiger charge is 2.14. The lowest BCUT2D eigenvalue weighted by Gasteiger charge is -2.07. The van der Waals surface area contributed by atoms with Crippen LogP contribution in [-0.4, -0.2) is 22.0 Å². The molecule has 0 saturated heterocycles. The maximum absolute atomic E-state index is 12.1. The first-order valence-corrected chi connectivity index (χ1v) is 6.79. The number of nitrogens with zero attached hydrogens (tertiary/aromatic N) is 2. The quantitative estimate of drug-likeness (QED) is 0.824. The van der Waals surface area contributed by atoms with E-state index in [2.05, 4.69) is 26.7 Å². The van der Waals surface area contributed by atoms with Gasteiger partial charge in [0.2, 0.25) is 0 Å². The molecular weight excluding hydrogens is 272 g/mol. The number of benzene rings is 1. The summed E-state index contributed by atoms with van der Waals surface area (Å²) < 4.78 is 3.76. The summed E-state index contributed by atoms with van der Waals surface area (Å²) in [7, 11) is 0. The summed E-state index contributed by atoms with van der Waals surface area (Å²) in [5.74, 6) is 5.56. The second-order valence-electron chi connectivity index (χ2n) is 4.18. The summed E-state index contributed by atoms with van der Waals surface area (Å²) in [6, 6.07) is 5.59. The van der Waals surface area contributed by atoms with Crippen molar-refractivity contribution in [2.45, 2.75) is 13.8 Å². The smallest absolute Gasteiger partial charge is 0.269 e. The van der Waals surface area contributed by atoms with Gasteiger partial charge in [0.25, 0.3) is 5.91 Å². The Morgan fingerprint density at radius 3 is 2.85 bits per heavy atom. The fraction of sp³-hybridized carbons (Fsp3) is 0.214. The van der Waals surface area contributed by atoms with Crippen LogP contribution in [0.2, 0.25) is 0 Å². The van der Waals surface area contributed by atoms with Crippen LogP contribution in [0.5, 0.6) is 0 Å². The molecule has 102 valence electrons. The van der Waals surface area contributed by atoms with Crippen molar-refractivity contribution in [2.24, 2.45) is 5.73 Å². The van der Waals surface area contributed by atoms with Crippen molar-refractivity contribution in [1.82, 2.24) is 9.59 Å². The molecule has 0 aliphatic carbocycles. The number of rotatable bonds is 2. The summed E-state index contributed by atoms with van der Waals surface area (Å²) in [6.45, 7) is 4.01. The first-order chi connectivity index (χ1) is 9.61. The number of aryl methyl sites for hydroxylation is 2. The zero-order valence-corrected chi connectivity index (χ0v) is 12.0. The molecule has 0 spiro atoms. The van der Waals surface area contributed by atoms with Gasteiger partial charge in [-0.2, -0.15) is 0 Å². The summed E-state index contributed by atoms with van der Waals surface area (Å²) in [5, 5.41) is 6.68. The summed E-state index contributed by atoms with van der Waals surface area (Å²) >= 11 is 1.09. The van der Waals surface area contributed by atoms with Crippen LogP contribution in [-0.2, 0) is 0 Å². The Kier molecular flexibility index (Phi) is 4.45. The van der Waals surface area contributed by atoms with Crippen LogP contribution < -0.4 is 11.1 Å². The molecule has 0 radical (unpaired) electrons. The highest BCUT2D eigenvalue weighted by Crippen LogP contribution is 2.18. The zero-order chi connectivity index (χ0) is 14.5. The molecule has 2 aromatic rings. The van der Waals surface area contributed by atoms with Gasteiger partial charge in [-0.1, -0.05) is 16.3 Å². The van der Waals surface area contributed by atoms with Crippen LogP contribution in [0.25, 0.3) is 0 Å². The molecule has 6 heteroatoms. The second-order valence-corrected chi connectivity index (χ2v) is 4.93. The standard InChI is InChI=1S/C14H14N4OS/c1-9-8-11(4-3-7-15)5-6-12(9)16-14(19)13-10(2)17-18-20-13/h5-6,8H,7,15H2,1-2H3,(H,16,19). The van der Waals surface area contributed by atoms with E-state index in [4.69, 9.17) is 5.73 Å². The van der Waals surface area contributed by atoms with E-state index < -0.39 is 0 Å². The third-order valence-electron chi connectivity index (χ3n) is 2.67. The molecule has 0 aliphatic rings. The minimum absolute atomic E-state index is 0.193. The fourth-order valence-corrected chi connectivity index (χ4v) is 2.21. The molecular formula is C14H14N4OS. The minimum atomic E-state index is -0.193. The Labute approximate surface area is 121 Å². The molecule has 2 rings (SSSR count). The molecule has 1 heterocycles. The molecule has 0 saturated carbocycles. The van der Waals surface area contributed by atoms with Crippen LogP contribution in [0.15, 0.2) is 18.2 Å². The lowest BCUT2D eigenvalue weighted by molar-refractivity contribution is 0.102. The molecule has 0 fully saturated rings. The first kappa shape index (κ1) is 14.2. The summed E-state index contributed by atoms with van der Waals surface area (Å²) in [6.07, 6.45) is 0. The molecule has 0 bridgehead atoms. The van der Waals surface area contributed by atoms with Crippen molar-refractivity contribution in [1.29, 1.82) is 0 Å². The van der Waals surface area contributed by atoms with E-state index in [1.165, 1.54) is 0 Å². The molecule has 0 unspecified atom stereocenters. The van der Waals surface area contributed by atoms with Gasteiger partial charge in [0.05, 0.1) is 12.2 Å². The van der Waals surface area contributed by atoms with Gasteiger partial charge in [-0.3, -0.25) is 4.79 Å². The van der Waals surface area contributed by atoms with E-state index in [-0.39, 0.29) is 5.91 Å². The monoisotopic (exact) mass is 286 g/mol. The Bertz CT molecular complexity index is 697. The van der Waals surface area contributed by atoms with Gasteiger partial charge in [-0.25, -0.2) is 0 Å². The number of hydrogen-bond donors (Lipinski definition) is 2. The van der Waals surface area contributed by atoms with Crippen LogP contribution in [0.3, 0.4) is 0 Å². The van der Waals surface area contributed by atoms with Crippen molar-refractivity contribution >= 4 is 23.1 Å². The van der Waals surface area contributed by atoms with Crippen LogP contribution in [0.1, 0.15) is 26.5 Å². The predicted octanol–water partition coefficient (Wildman–Crippen LogP) is 1.72. The molecule has 0 atom stereocenters. The number of hydrogen-bond acceptors (Lipinski definition) is 5. The van der Waals surface area contributed by atoms with Gasteiger partial charge in [0, 0.05) is 11.3 Å². The Morgan fingerprint density at radius 1 is 1.45 bits per heavy atom. The number of nitrogens with two attached hydrogens (primary N) is 1. The van der Waals surface area contributed by atoms with Crippen molar-refractivity contribution in [2.75, 3.05) is 11.9 Å². The summed E-state index contributed by atoms with van der Waals surface area (Å²) in [4.78, 5) is 12.6. The van der Waals surface area contributed by atoms with E-state index in [1.807, 2.05) is 25.1 Å². The number of carbonyl (C=O) groups excluding carboxylic acids is 1. The normalized spacial score (nSPS) is 9.75. The maximum atomic E-state index is 12.1. The predicted molar refractivity (Wildman–Crippen MR) is 79.7 cm³/mol. The van der Waals surface area contributed by atoms with Crippen LogP contribution in [0.4, 0.5) is 5.69 Å². The molecule has 5 nitrogen and oxygen atoms in total. The van der Waals surface area contributed by atoms with Crippen LogP contribution in [0, 0.1) is 25.7 Å². The SMILES string of the molecule is Cc1cc(C#CCN)ccc1NC(=O)c1snnc1C. The van der Waals surface area contributed by atoms with E-state index in [0.29, 0.717) is 17.1 Å². The molecule has 0 aliphatic heterocycles. The molecule has 1 amide bonds. The molecule has 1 aromatic heterocycles. The first-order valence-electron chi connectivity index (χ1n) is 6.01. The third kappa shape index (κ3) is 3.20. The van der Waals surface area contributed by atoms with E-state index in [1.54, 1.807) is 6.92 Å². The number of nitrogens with one attached hydrogen (secondary N) is 1. The van der Waals surface area contributed by atoms with Gasteiger partial charge < -0.3 is 11.1 Å². The average Bonchev–Trinajstić information content (AvgIpc) is 2.85. The van der Waals surface area contributed by atoms with Gasteiger partial charge in [-0.15, -0.1) is 5.10 Å². The highest BCUT2D eigenvalue weighted by molar-refractivity contribution is 7.08. The van der Waals surface area contributed by atoms with Gasteiger partial charge >= 0.3 is 0 Å². The fourth-order valence-electron chi connectivity index (χ4n) is 1.65. The third-order valence-corrected chi connectivity index (χ3v) is 3.49. The van der Waals surface area contributed by atoms with Crippen molar-refractivity contribution < 1.29 is 4.79 Å². The number of amides is 1. The van der Waals surface area contributed by atoms with Crippen LogP contribution >= 0.6 is 11.5 Å². The summed E-state index contributed by atoms with van der Waals surface area (Å²) in [5.41, 5.74) is 8.54. The zero-order valence-electron chi connectivity index (χ0n) is 11.2. The van der Waals surface area contributed by atoms with Crippen molar-refractivity contribution in [3.05, 3.63) is 39.9 Å². The molecule has 20 heavy (non-hydrogen) atoms. The maximum Gasteiger partial charge on any atom is 0.269 e. The largest absolute Gasteiger partial charge is 0.321 e. The van der Waals surface area contributed by atoms with Crippen molar-refractivity contribution in [3.8, 4) is 11.8 Å². The molecule has 1 aromatic carbocycles. The van der Waals surface area contributed by atoms with Crippen molar-refractivity contribution in [3.63, 3.8) is 0 Å². The Hall–Kier alpha value is -2.23. The van der Waals surface area contributed by atoms with E-state index >= 15 is 0 Å². The Balaban J connectivity index is 2.18. The number of aromatic nitrogens is 2. The average molecular weight is 286 g/mol. The van der Waals surface area contributed by atoms with Gasteiger partial charge in [0.15, 0.2) is 0 Å². The lowest BCUT2D eigenvalue weighted by atomic mass is 10.1. The highest BCUT2D eigenvalue weighted by atomic mass is 32.1.